The molecule has 1 aliphatic carbocycles. The van der Waals surface area contributed by atoms with Crippen molar-refractivity contribution in [3.8, 4) is 0 Å². The molecule has 3 nitrogen and oxygen atoms in total. The summed E-state index contributed by atoms with van der Waals surface area (Å²) in [5.41, 5.74) is 4.58. The fourth-order valence-electron chi connectivity index (χ4n) is 4.16. The van der Waals surface area contributed by atoms with Crippen LogP contribution in [0, 0.1) is 0 Å². The Hall–Kier alpha value is -0.840. The minimum absolute atomic E-state index is 0.519. The average molecular weight is 333 g/mol. The fraction of sp³-hybridized carbons (Fsp3) is 0.632. The van der Waals surface area contributed by atoms with Crippen molar-refractivity contribution in [1.29, 1.82) is 0 Å². The Morgan fingerprint density at radius 1 is 1.26 bits per heavy atom. The summed E-state index contributed by atoms with van der Waals surface area (Å²) in [4.78, 5) is 13.4. The van der Waals surface area contributed by atoms with Gasteiger partial charge in [-0.3, -0.25) is 4.90 Å². The zero-order valence-corrected chi connectivity index (χ0v) is 14.7. The van der Waals surface area contributed by atoms with E-state index in [9.17, 15) is 4.79 Å². The van der Waals surface area contributed by atoms with Crippen LogP contribution in [0.5, 0.6) is 0 Å². The van der Waals surface area contributed by atoms with Crippen molar-refractivity contribution < 1.29 is 4.79 Å². The first-order valence-corrected chi connectivity index (χ1v) is 9.56. The van der Waals surface area contributed by atoms with Gasteiger partial charge in [0.1, 0.15) is 6.29 Å². The fourth-order valence-corrected chi connectivity index (χ4v) is 4.32. The molecule has 2 unspecified atom stereocenters. The van der Waals surface area contributed by atoms with Gasteiger partial charge >= 0.3 is 0 Å². The highest BCUT2D eigenvalue weighted by Crippen LogP contribution is 2.35. The second kappa shape index (κ2) is 8.32. The Morgan fingerprint density at radius 3 is 2.96 bits per heavy atom. The van der Waals surface area contributed by atoms with Crippen LogP contribution in [0.15, 0.2) is 18.2 Å². The zero-order chi connectivity index (χ0) is 16.1. The van der Waals surface area contributed by atoms with Gasteiger partial charge in [-0.2, -0.15) is 12.6 Å². The van der Waals surface area contributed by atoms with Crippen LogP contribution in [0.25, 0.3) is 0 Å². The van der Waals surface area contributed by atoms with Crippen molar-refractivity contribution >= 4 is 18.9 Å². The Balaban J connectivity index is 1.63. The van der Waals surface area contributed by atoms with Gasteiger partial charge in [0.05, 0.1) is 6.54 Å². The van der Waals surface area contributed by atoms with Crippen LogP contribution in [0.2, 0.25) is 0 Å². The van der Waals surface area contributed by atoms with Crippen LogP contribution in [-0.4, -0.2) is 49.2 Å². The molecule has 4 heteroatoms. The number of fused-ring (bicyclic) bond motifs is 1. The molecular formula is C19H28N2OS. The number of nitrogens with zero attached hydrogens (tertiary/aromatic N) is 1. The van der Waals surface area contributed by atoms with E-state index in [0.717, 1.165) is 38.1 Å². The molecule has 2 atom stereocenters. The maximum absolute atomic E-state index is 11.0. The lowest BCUT2D eigenvalue weighted by atomic mass is 9.93. The van der Waals surface area contributed by atoms with E-state index in [4.69, 9.17) is 0 Å². The van der Waals surface area contributed by atoms with Gasteiger partial charge in [-0.25, -0.2) is 0 Å². The van der Waals surface area contributed by atoms with E-state index >= 15 is 0 Å². The smallest absolute Gasteiger partial charge is 0.133 e. The average Bonchev–Trinajstić information content (AvgIpc) is 3.18. The molecule has 0 amide bonds. The van der Waals surface area contributed by atoms with Gasteiger partial charge in [0.15, 0.2) is 0 Å². The normalized spacial score (nSPS) is 24.0. The molecular weight excluding hydrogens is 304 g/mol. The van der Waals surface area contributed by atoms with E-state index in [1.54, 1.807) is 11.1 Å². The number of hydrogen-bond donors (Lipinski definition) is 2. The molecule has 1 aliphatic heterocycles. The molecule has 0 radical (unpaired) electrons. The zero-order valence-electron chi connectivity index (χ0n) is 13.8. The minimum atomic E-state index is 0.519. The highest BCUT2D eigenvalue weighted by molar-refractivity contribution is 7.80. The summed E-state index contributed by atoms with van der Waals surface area (Å²) in [5, 5.41) is 3.42. The topological polar surface area (TPSA) is 32.3 Å². The Bertz CT molecular complexity index is 534. The van der Waals surface area contributed by atoms with E-state index < -0.39 is 0 Å². The van der Waals surface area contributed by atoms with Crippen molar-refractivity contribution in [1.82, 2.24) is 10.2 Å². The molecule has 0 spiro atoms. The van der Waals surface area contributed by atoms with Gasteiger partial charge in [-0.15, -0.1) is 0 Å². The van der Waals surface area contributed by atoms with E-state index in [0.29, 0.717) is 18.5 Å². The highest BCUT2D eigenvalue weighted by Gasteiger charge is 2.32. The largest absolute Gasteiger partial charge is 0.316 e. The van der Waals surface area contributed by atoms with Gasteiger partial charge in [-0.05, 0) is 61.3 Å². The molecule has 1 saturated heterocycles. The number of thiol groups is 1. The summed E-state index contributed by atoms with van der Waals surface area (Å²) in [6.45, 7) is 3.56. The van der Waals surface area contributed by atoms with Gasteiger partial charge in [0, 0.05) is 24.9 Å². The van der Waals surface area contributed by atoms with Crippen LogP contribution in [-0.2, 0) is 17.6 Å². The predicted molar refractivity (Wildman–Crippen MR) is 98.6 cm³/mol. The number of likely N-dealkylation sites (tertiary alicyclic amines) is 1. The highest BCUT2D eigenvalue weighted by atomic mass is 32.1. The van der Waals surface area contributed by atoms with Gasteiger partial charge < -0.3 is 10.1 Å². The molecule has 2 aliphatic rings. The summed E-state index contributed by atoms with van der Waals surface area (Å²) in [6.07, 6.45) is 7.14. The van der Waals surface area contributed by atoms with Gasteiger partial charge in [0.2, 0.25) is 0 Å². The van der Waals surface area contributed by atoms with Crippen molar-refractivity contribution in [2.75, 3.05) is 31.9 Å². The predicted octanol–water partition coefficient (Wildman–Crippen LogP) is 2.44. The number of carbonyl (C=O) groups is 1. The molecule has 1 fully saturated rings. The third-order valence-corrected chi connectivity index (χ3v) is 5.60. The molecule has 0 aromatic heterocycles. The molecule has 1 aromatic carbocycles. The maximum Gasteiger partial charge on any atom is 0.133 e. The molecule has 1 heterocycles. The van der Waals surface area contributed by atoms with Gasteiger partial charge in [-0.1, -0.05) is 18.2 Å². The summed E-state index contributed by atoms with van der Waals surface area (Å²) < 4.78 is 0. The van der Waals surface area contributed by atoms with Crippen LogP contribution >= 0.6 is 12.6 Å². The molecule has 126 valence electrons. The third-order valence-electron chi connectivity index (χ3n) is 5.37. The quantitative estimate of drug-likeness (QED) is 0.436. The van der Waals surface area contributed by atoms with Crippen molar-refractivity contribution in [2.45, 2.75) is 44.1 Å². The number of nitrogens with one attached hydrogen (secondary N) is 1. The molecule has 23 heavy (non-hydrogen) atoms. The monoisotopic (exact) mass is 332 g/mol. The lowest BCUT2D eigenvalue weighted by Crippen LogP contribution is -2.34. The Labute approximate surface area is 145 Å². The van der Waals surface area contributed by atoms with E-state index in [1.165, 1.54) is 31.2 Å². The lowest BCUT2D eigenvalue weighted by Gasteiger charge is -2.21. The van der Waals surface area contributed by atoms with E-state index in [2.05, 4.69) is 41.0 Å². The second-order valence-corrected chi connectivity index (χ2v) is 7.30. The Kier molecular flexibility index (Phi) is 6.15. The first-order chi connectivity index (χ1) is 11.3. The second-order valence-electron chi connectivity index (χ2n) is 6.85. The number of aryl methyl sites for hydroxylation is 2. The maximum atomic E-state index is 11.0. The summed E-state index contributed by atoms with van der Waals surface area (Å²) in [6, 6.07) is 7.62. The van der Waals surface area contributed by atoms with Crippen molar-refractivity contribution in [3.05, 3.63) is 34.9 Å². The van der Waals surface area contributed by atoms with Crippen LogP contribution < -0.4 is 5.32 Å². The summed E-state index contributed by atoms with van der Waals surface area (Å²) in [7, 11) is 0. The van der Waals surface area contributed by atoms with Crippen molar-refractivity contribution in [2.24, 2.45) is 0 Å². The van der Waals surface area contributed by atoms with Crippen molar-refractivity contribution in [3.63, 3.8) is 0 Å². The summed E-state index contributed by atoms with van der Waals surface area (Å²) >= 11 is 4.23. The lowest BCUT2D eigenvalue weighted by molar-refractivity contribution is -0.109. The first-order valence-electron chi connectivity index (χ1n) is 8.92. The van der Waals surface area contributed by atoms with E-state index in [1.807, 2.05) is 0 Å². The van der Waals surface area contributed by atoms with Crippen LogP contribution in [0.1, 0.15) is 41.9 Å². The summed E-state index contributed by atoms with van der Waals surface area (Å²) in [5.74, 6) is 1.45. The van der Waals surface area contributed by atoms with Gasteiger partial charge in [0.25, 0.3) is 0 Å². The SMILES string of the molecule is O=CCN1CC(c2ccc3c(c2)CCC3)CC1CCNCCS. The molecule has 1 N–H and O–H groups in total. The Morgan fingerprint density at radius 2 is 2.13 bits per heavy atom. The molecule has 0 bridgehead atoms. The molecule has 1 aromatic rings. The number of aldehydes is 1. The van der Waals surface area contributed by atoms with Crippen LogP contribution in [0.4, 0.5) is 0 Å². The molecule has 3 rings (SSSR count). The first kappa shape index (κ1) is 17.0. The van der Waals surface area contributed by atoms with Crippen LogP contribution in [0.3, 0.4) is 0 Å². The molecule has 0 saturated carbocycles. The minimum Gasteiger partial charge on any atom is -0.316 e. The number of hydrogen-bond acceptors (Lipinski definition) is 4. The number of rotatable bonds is 8. The number of carbonyl (C=O) groups excluding carboxylic acids is 1. The standard InChI is InChI=1S/C19H28N2OS/c22-10-9-21-14-18(13-19(21)6-7-20-8-11-23)17-5-4-15-2-1-3-16(15)12-17/h4-5,10,12,18-20,23H,1-3,6-9,11,13-14H2. The number of benzene rings is 1. The van der Waals surface area contributed by atoms with E-state index in [-0.39, 0.29) is 0 Å². The third kappa shape index (κ3) is 4.17.